The van der Waals surface area contributed by atoms with E-state index >= 15 is 0 Å². The van der Waals surface area contributed by atoms with Crippen LogP contribution in [0.2, 0.25) is 0 Å². The summed E-state index contributed by atoms with van der Waals surface area (Å²) in [7, 11) is 0. The van der Waals surface area contributed by atoms with Crippen LogP contribution in [0.3, 0.4) is 0 Å². The zero-order valence-corrected chi connectivity index (χ0v) is 15.7. The van der Waals surface area contributed by atoms with Gasteiger partial charge in [-0.2, -0.15) is 22.8 Å². The van der Waals surface area contributed by atoms with E-state index in [-0.39, 0.29) is 17.3 Å². The van der Waals surface area contributed by atoms with Crippen molar-refractivity contribution in [1.29, 1.82) is 0 Å². The molecule has 4 rings (SSSR count). The number of aryl methyl sites for hydroxylation is 2. The van der Waals surface area contributed by atoms with Crippen LogP contribution in [-0.2, 0) is 10.9 Å². The molecule has 1 fully saturated rings. The molecule has 0 bridgehead atoms. The monoisotopic (exact) mass is 390 g/mol. The summed E-state index contributed by atoms with van der Waals surface area (Å²) in [4.78, 5) is 4.38. The van der Waals surface area contributed by atoms with Crippen LogP contribution in [0.4, 0.5) is 19.0 Å². The third-order valence-electron chi connectivity index (χ3n) is 4.86. The Labute approximate surface area is 160 Å². The van der Waals surface area contributed by atoms with Crippen molar-refractivity contribution in [3.63, 3.8) is 0 Å². The van der Waals surface area contributed by atoms with Gasteiger partial charge in [-0.1, -0.05) is 29.8 Å². The summed E-state index contributed by atoms with van der Waals surface area (Å²) in [6, 6.07) is 8.61. The van der Waals surface area contributed by atoms with Crippen LogP contribution in [0.5, 0.6) is 0 Å². The van der Waals surface area contributed by atoms with Crippen LogP contribution in [0, 0.1) is 13.8 Å². The van der Waals surface area contributed by atoms with E-state index in [9.17, 15) is 13.2 Å². The predicted octanol–water partition coefficient (Wildman–Crippen LogP) is 4.62. The summed E-state index contributed by atoms with van der Waals surface area (Å²) < 4.78 is 48.2. The van der Waals surface area contributed by atoms with Crippen molar-refractivity contribution < 1.29 is 17.9 Å². The van der Waals surface area contributed by atoms with E-state index in [0.717, 1.165) is 18.4 Å². The second-order valence-corrected chi connectivity index (χ2v) is 7.12. The highest BCUT2D eigenvalue weighted by Crippen LogP contribution is 2.39. The molecule has 0 radical (unpaired) electrons. The van der Waals surface area contributed by atoms with Crippen LogP contribution >= 0.6 is 0 Å². The molecule has 0 amide bonds. The summed E-state index contributed by atoms with van der Waals surface area (Å²) in [6.07, 6.45) is -2.61. The average Bonchev–Trinajstić information content (AvgIpc) is 3.27. The quantitative estimate of drug-likeness (QED) is 0.706. The number of halogens is 3. The van der Waals surface area contributed by atoms with E-state index in [0.29, 0.717) is 30.2 Å². The van der Waals surface area contributed by atoms with Crippen molar-refractivity contribution in [3.8, 4) is 11.1 Å². The first-order valence-electron chi connectivity index (χ1n) is 9.23. The van der Waals surface area contributed by atoms with Gasteiger partial charge in [-0.15, -0.1) is 0 Å². The highest BCUT2D eigenvalue weighted by Gasteiger charge is 2.39. The standard InChI is InChI=1S/C20H21F3N4O/c1-12-5-7-14(8-6-12)17-18(20(21,22)23)26-27-16(10-13(2)25-19(17)27)24-11-15-4-3-9-28-15/h5-8,10,15,24H,3-4,9,11H2,1-2H3/t15-/m1/s1. The van der Waals surface area contributed by atoms with Crippen molar-refractivity contribution in [3.05, 3.63) is 47.3 Å². The number of fused-ring (bicyclic) bond motifs is 1. The first-order chi connectivity index (χ1) is 13.3. The van der Waals surface area contributed by atoms with Crippen LogP contribution in [0.25, 0.3) is 16.8 Å². The molecular formula is C20H21F3N4O. The van der Waals surface area contributed by atoms with Gasteiger partial charge in [-0.25, -0.2) is 4.98 Å². The van der Waals surface area contributed by atoms with E-state index in [4.69, 9.17) is 4.74 Å². The maximum absolute atomic E-state index is 13.8. The van der Waals surface area contributed by atoms with Crippen LogP contribution in [0.15, 0.2) is 30.3 Å². The highest BCUT2D eigenvalue weighted by molar-refractivity contribution is 5.81. The van der Waals surface area contributed by atoms with Crippen molar-refractivity contribution in [2.24, 2.45) is 0 Å². The summed E-state index contributed by atoms with van der Waals surface area (Å²) in [5.74, 6) is 0.474. The fourth-order valence-electron chi connectivity index (χ4n) is 3.47. The maximum atomic E-state index is 13.8. The molecule has 148 valence electrons. The topological polar surface area (TPSA) is 51.5 Å². The van der Waals surface area contributed by atoms with Crippen LogP contribution in [0.1, 0.15) is 29.8 Å². The summed E-state index contributed by atoms with van der Waals surface area (Å²) in [6.45, 7) is 4.88. The normalized spacial score (nSPS) is 17.4. The Bertz CT molecular complexity index is 989. The van der Waals surface area contributed by atoms with Crippen molar-refractivity contribution in [2.45, 2.75) is 39.0 Å². The number of nitrogens with one attached hydrogen (secondary N) is 1. The van der Waals surface area contributed by atoms with Crippen molar-refractivity contribution in [2.75, 3.05) is 18.5 Å². The SMILES string of the molecule is Cc1ccc(-c2c(C(F)(F)F)nn3c(NC[C@H]4CCCO4)cc(C)nc23)cc1. The van der Waals surface area contributed by atoms with Gasteiger partial charge in [0, 0.05) is 24.9 Å². The van der Waals surface area contributed by atoms with Gasteiger partial charge >= 0.3 is 6.18 Å². The van der Waals surface area contributed by atoms with E-state index in [1.54, 1.807) is 37.3 Å². The van der Waals surface area contributed by atoms with Gasteiger partial charge < -0.3 is 10.1 Å². The second kappa shape index (κ2) is 7.09. The minimum atomic E-state index is -4.59. The summed E-state index contributed by atoms with van der Waals surface area (Å²) in [5.41, 5.74) is 1.27. The number of benzene rings is 1. The van der Waals surface area contributed by atoms with E-state index in [2.05, 4.69) is 15.4 Å². The molecule has 0 saturated carbocycles. The van der Waals surface area contributed by atoms with Gasteiger partial charge in [-0.3, -0.25) is 0 Å². The Kier molecular flexibility index (Phi) is 4.74. The van der Waals surface area contributed by atoms with Gasteiger partial charge in [0.05, 0.1) is 11.7 Å². The lowest BCUT2D eigenvalue weighted by molar-refractivity contribution is -0.140. The molecule has 3 aromatic rings. The zero-order valence-electron chi connectivity index (χ0n) is 15.7. The third kappa shape index (κ3) is 3.56. The Morgan fingerprint density at radius 2 is 1.96 bits per heavy atom. The summed E-state index contributed by atoms with van der Waals surface area (Å²) >= 11 is 0. The van der Waals surface area contributed by atoms with Gasteiger partial charge in [-0.05, 0) is 32.3 Å². The van der Waals surface area contributed by atoms with E-state index < -0.39 is 11.9 Å². The lowest BCUT2D eigenvalue weighted by atomic mass is 10.0. The average molecular weight is 390 g/mol. The Balaban J connectivity index is 1.85. The number of aromatic nitrogens is 3. The van der Waals surface area contributed by atoms with E-state index in [1.165, 1.54) is 4.52 Å². The number of rotatable bonds is 4. The number of hydrogen-bond donors (Lipinski definition) is 1. The fraction of sp³-hybridized carbons (Fsp3) is 0.400. The molecule has 5 nitrogen and oxygen atoms in total. The minimum Gasteiger partial charge on any atom is -0.376 e. The lowest BCUT2D eigenvalue weighted by Crippen LogP contribution is -2.20. The van der Waals surface area contributed by atoms with E-state index in [1.807, 2.05) is 6.92 Å². The largest absolute Gasteiger partial charge is 0.435 e. The third-order valence-corrected chi connectivity index (χ3v) is 4.86. The maximum Gasteiger partial charge on any atom is 0.435 e. The molecular weight excluding hydrogens is 369 g/mol. The lowest BCUT2D eigenvalue weighted by Gasteiger charge is -2.13. The Morgan fingerprint density at radius 1 is 1.21 bits per heavy atom. The molecule has 0 aliphatic carbocycles. The smallest absolute Gasteiger partial charge is 0.376 e. The van der Waals surface area contributed by atoms with Crippen LogP contribution < -0.4 is 5.32 Å². The van der Waals surface area contributed by atoms with Crippen molar-refractivity contribution in [1.82, 2.24) is 14.6 Å². The molecule has 1 N–H and O–H groups in total. The number of alkyl halides is 3. The predicted molar refractivity (Wildman–Crippen MR) is 100 cm³/mol. The summed E-state index contributed by atoms with van der Waals surface area (Å²) in [5, 5.41) is 7.09. The molecule has 8 heteroatoms. The molecule has 0 spiro atoms. The number of hydrogen-bond acceptors (Lipinski definition) is 4. The number of ether oxygens (including phenoxy) is 1. The van der Waals surface area contributed by atoms with Gasteiger partial charge in [0.2, 0.25) is 0 Å². The molecule has 1 atom stereocenters. The Morgan fingerprint density at radius 3 is 2.61 bits per heavy atom. The number of nitrogens with zero attached hydrogens (tertiary/aromatic N) is 3. The highest BCUT2D eigenvalue weighted by atomic mass is 19.4. The molecule has 1 aliphatic heterocycles. The zero-order chi connectivity index (χ0) is 19.9. The Hall–Kier alpha value is -2.61. The molecule has 2 aromatic heterocycles. The molecule has 1 aliphatic rings. The van der Waals surface area contributed by atoms with Gasteiger partial charge in [0.15, 0.2) is 11.3 Å². The molecule has 0 unspecified atom stereocenters. The second-order valence-electron chi connectivity index (χ2n) is 7.12. The van der Waals surface area contributed by atoms with Crippen LogP contribution in [-0.4, -0.2) is 33.9 Å². The van der Waals surface area contributed by atoms with Gasteiger partial charge in [0.25, 0.3) is 0 Å². The molecule has 28 heavy (non-hydrogen) atoms. The van der Waals surface area contributed by atoms with Crippen molar-refractivity contribution >= 4 is 11.5 Å². The fourth-order valence-corrected chi connectivity index (χ4v) is 3.47. The number of anilines is 1. The molecule has 3 heterocycles. The molecule has 1 aromatic carbocycles. The first kappa shape index (κ1) is 18.7. The first-order valence-corrected chi connectivity index (χ1v) is 9.23. The van der Waals surface area contributed by atoms with Gasteiger partial charge in [0.1, 0.15) is 5.82 Å². The molecule has 1 saturated heterocycles. The minimum absolute atomic E-state index is 0.00336.